The van der Waals surface area contributed by atoms with Crippen LogP contribution in [0.15, 0.2) is 41.3 Å². The predicted octanol–water partition coefficient (Wildman–Crippen LogP) is 1.23. The number of nitrogens with zero attached hydrogens (tertiary/aromatic N) is 1. The fourth-order valence-corrected chi connectivity index (χ4v) is 2.55. The van der Waals surface area contributed by atoms with Crippen molar-refractivity contribution in [2.45, 2.75) is 18.4 Å². The quantitative estimate of drug-likeness (QED) is 0.734. The van der Waals surface area contributed by atoms with Crippen LogP contribution in [0.5, 0.6) is 0 Å². The lowest BCUT2D eigenvalue weighted by Crippen LogP contribution is -2.15. The molecule has 0 aliphatic rings. The van der Waals surface area contributed by atoms with Crippen LogP contribution in [0.4, 0.5) is 11.4 Å². The number of sulfonamides is 1. The number of hydrogen-bond donors (Lipinski definition) is 3. The van der Waals surface area contributed by atoms with Gasteiger partial charge in [0, 0.05) is 11.4 Å². The zero-order valence-electron chi connectivity index (χ0n) is 11.0. The second kappa shape index (κ2) is 5.48. The number of aryl methyl sites for hydroxylation is 1. The molecule has 20 heavy (non-hydrogen) atoms. The fourth-order valence-electron chi connectivity index (χ4n) is 1.80. The number of nitrogen functional groups attached to an aromatic ring is 1. The number of hydrogen-bond acceptors (Lipinski definition) is 5. The minimum atomic E-state index is -3.83. The molecular formula is C13H16N4O2S. The number of anilines is 2. The van der Waals surface area contributed by atoms with Gasteiger partial charge in [0.05, 0.1) is 17.9 Å². The summed E-state index contributed by atoms with van der Waals surface area (Å²) in [5.41, 5.74) is 8.04. The van der Waals surface area contributed by atoms with E-state index in [1.54, 1.807) is 12.1 Å². The van der Waals surface area contributed by atoms with Crippen molar-refractivity contribution in [3.63, 3.8) is 0 Å². The Balaban J connectivity index is 2.26. The second-order valence-electron chi connectivity index (χ2n) is 4.42. The smallest absolute Gasteiger partial charge is 0.240 e. The molecule has 0 bridgehead atoms. The molecule has 2 rings (SSSR count). The lowest BCUT2D eigenvalue weighted by molar-refractivity contribution is 0.598. The fraction of sp³-hybridized carbons (Fsp3) is 0.154. The number of nitrogens with one attached hydrogen (secondary N) is 1. The standard InChI is InChI=1S/C13H16N4O2S/c1-9-3-2-4-11(17-9)8-16-12-6-5-10(14)7-13(12)20(15,18)19/h2-7,16H,8,14H2,1H3,(H2,15,18,19). The van der Waals surface area contributed by atoms with Gasteiger partial charge in [-0.1, -0.05) is 6.07 Å². The monoisotopic (exact) mass is 292 g/mol. The molecule has 0 atom stereocenters. The van der Waals surface area contributed by atoms with Gasteiger partial charge >= 0.3 is 0 Å². The molecular weight excluding hydrogens is 276 g/mol. The largest absolute Gasteiger partial charge is 0.399 e. The van der Waals surface area contributed by atoms with Crippen molar-refractivity contribution < 1.29 is 8.42 Å². The molecule has 1 aromatic heterocycles. The third kappa shape index (κ3) is 3.46. The van der Waals surface area contributed by atoms with E-state index >= 15 is 0 Å². The normalized spacial score (nSPS) is 11.3. The maximum absolute atomic E-state index is 11.5. The first-order valence-corrected chi connectivity index (χ1v) is 7.49. The second-order valence-corrected chi connectivity index (χ2v) is 5.95. The highest BCUT2D eigenvalue weighted by molar-refractivity contribution is 7.89. The SMILES string of the molecule is Cc1cccc(CNc2ccc(N)cc2S(N)(=O)=O)n1. The molecule has 2 aromatic rings. The Morgan fingerprint density at radius 1 is 1.25 bits per heavy atom. The highest BCUT2D eigenvalue weighted by Gasteiger charge is 2.14. The van der Waals surface area contributed by atoms with Gasteiger partial charge in [0.1, 0.15) is 4.90 Å². The summed E-state index contributed by atoms with van der Waals surface area (Å²) in [7, 11) is -3.83. The van der Waals surface area contributed by atoms with Gasteiger partial charge in [-0.05, 0) is 37.3 Å². The maximum atomic E-state index is 11.5. The van der Waals surface area contributed by atoms with Gasteiger partial charge in [0.25, 0.3) is 0 Å². The summed E-state index contributed by atoms with van der Waals surface area (Å²) in [5, 5.41) is 8.19. The number of rotatable bonds is 4. The Morgan fingerprint density at radius 3 is 2.65 bits per heavy atom. The third-order valence-corrected chi connectivity index (χ3v) is 3.67. The third-order valence-electron chi connectivity index (χ3n) is 2.72. The summed E-state index contributed by atoms with van der Waals surface area (Å²) >= 11 is 0. The number of pyridine rings is 1. The zero-order chi connectivity index (χ0) is 14.8. The lowest BCUT2D eigenvalue weighted by atomic mass is 10.2. The maximum Gasteiger partial charge on any atom is 0.240 e. The van der Waals surface area contributed by atoms with Crippen LogP contribution in [0.2, 0.25) is 0 Å². The molecule has 0 amide bonds. The number of nitrogens with two attached hydrogens (primary N) is 2. The van der Waals surface area contributed by atoms with Crippen LogP contribution in [-0.4, -0.2) is 13.4 Å². The van der Waals surface area contributed by atoms with Crippen LogP contribution in [-0.2, 0) is 16.6 Å². The van der Waals surface area contributed by atoms with Gasteiger partial charge < -0.3 is 11.1 Å². The summed E-state index contributed by atoms with van der Waals surface area (Å²) in [6.45, 7) is 2.29. The molecule has 0 fully saturated rings. The van der Waals surface area contributed by atoms with E-state index in [4.69, 9.17) is 10.9 Å². The van der Waals surface area contributed by atoms with E-state index in [-0.39, 0.29) is 4.90 Å². The molecule has 0 radical (unpaired) electrons. The van der Waals surface area contributed by atoms with Crippen LogP contribution < -0.4 is 16.2 Å². The van der Waals surface area contributed by atoms with Gasteiger partial charge in [-0.15, -0.1) is 0 Å². The minimum absolute atomic E-state index is 0.0230. The van der Waals surface area contributed by atoms with Crippen molar-refractivity contribution in [2.24, 2.45) is 5.14 Å². The summed E-state index contributed by atoms with van der Waals surface area (Å²) in [6.07, 6.45) is 0. The van der Waals surface area contributed by atoms with Gasteiger partial charge in [0.15, 0.2) is 0 Å². The van der Waals surface area contributed by atoms with E-state index < -0.39 is 10.0 Å². The topological polar surface area (TPSA) is 111 Å². The van der Waals surface area contributed by atoms with Crippen LogP contribution in [0, 0.1) is 6.92 Å². The summed E-state index contributed by atoms with van der Waals surface area (Å²) in [5.74, 6) is 0. The van der Waals surface area contributed by atoms with E-state index in [0.717, 1.165) is 11.4 Å². The Labute approximate surface area is 117 Å². The highest BCUT2D eigenvalue weighted by Crippen LogP contribution is 2.23. The van der Waals surface area contributed by atoms with Crippen LogP contribution in [0.3, 0.4) is 0 Å². The minimum Gasteiger partial charge on any atom is -0.399 e. The van der Waals surface area contributed by atoms with E-state index in [1.165, 1.54) is 6.07 Å². The molecule has 106 valence electrons. The number of aromatic nitrogens is 1. The van der Waals surface area contributed by atoms with Crippen LogP contribution in [0.1, 0.15) is 11.4 Å². The molecule has 0 aliphatic heterocycles. The Morgan fingerprint density at radius 2 is 2.00 bits per heavy atom. The van der Waals surface area contributed by atoms with E-state index in [0.29, 0.717) is 17.9 Å². The molecule has 0 saturated carbocycles. The molecule has 1 heterocycles. The predicted molar refractivity (Wildman–Crippen MR) is 78.5 cm³/mol. The molecule has 7 heteroatoms. The summed E-state index contributed by atoms with van der Waals surface area (Å²) in [6, 6.07) is 10.2. The average Bonchev–Trinajstić information content (AvgIpc) is 2.36. The van der Waals surface area contributed by atoms with Crippen LogP contribution in [0.25, 0.3) is 0 Å². The van der Waals surface area contributed by atoms with Crippen LogP contribution >= 0.6 is 0 Å². The first kappa shape index (κ1) is 14.3. The van der Waals surface area contributed by atoms with Crippen molar-refractivity contribution in [3.05, 3.63) is 47.8 Å². The van der Waals surface area contributed by atoms with E-state index in [2.05, 4.69) is 10.3 Å². The van der Waals surface area contributed by atoms with Gasteiger partial charge in [-0.25, -0.2) is 13.6 Å². The summed E-state index contributed by atoms with van der Waals surface area (Å²) < 4.78 is 23.1. The summed E-state index contributed by atoms with van der Waals surface area (Å²) in [4.78, 5) is 4.31. The molecule has 0 unspecified atom stereocenters. The molecule has 0 aliphatic carbocycles. The average molecular weight is 292 g/mol. The zero-order valence-corrected chi connectivity index (χ0v) is 11.8. The Kier molecular flexibility index (Phi) is 3.91. The van der Waals surface area contributed by atoms with Gasteiger partial charge in [-0.3, -0.25) is 4.98 Å². The van der Waals surface area contributed by atoms with Gasteiger partial charge in [0.2, 0.25) is 10.0 Å². The molecule has 0 saturated heterocycles. The van der Waals surface area contributed by atoms with Crippen molar-refractivity contribution in [2.75, 3.05) is 11.1 Å². The first-order valence-electron chi connectivity index (χ1n) is 5.95. The van der Waals surface area contributed by atoms with Crippen molar-refractivity contribution in [1.82, 2.24) is 4.98 Å². The van der Waals surface area contributed by atoms with Crippen molar-refractivity contribution >= 4 is 21.4 Å². The first-order chi connectivity index (χ1) is 9.36. The molecule has 5 N–H and O–H groups in total. The van der Waals surface area contributed by atoms with E-state index in [9.17, 15) is 8.42 Å². The highest BCUT2D eigenvalue weighted by atomic mass is 32.2. The molecule has 0 spiro atoms. The Bertz CT molecular complexity index is 729. The van der Waals surface area contributed by atoms with Crippen molar-refractivity contribution in [1.29, 1.82) is 0 Å². The van der Waals surface area contributed by atoms with Gasteiger partial charge in [-0.2, -0.15) is 0 Å². The Hall–Kier alpha value is -2.12. The van der Waals surface area contributed by atoms with E-state index in [1.807, 2.05) is 25.1 Å². The number of benzene rings is 1. The molecule has 6 nitrogen and oxygen atoms in total. The van der Waals surface area contributed by atoms with Crippen molar-refractivity contribution in [3.8, 4) is 0 Å². The molecule has 1 aromatic carbocycles. The number of primary sulfonamides is 1. The lowest BCUT2D eigenvalue weighted by Gasteiger charge is -2.11.